The van der Waals surface area contributed by atoms with Gasteiger partial charge in [0.2, 0.25) is 0 Å². The molecule has 1 heterocycles. The number of carbonyl (C=O) groups is 2. The van der Waals surface area contributed by atoms with Crippen molar-refractivity contribution in [3.8, 4) is 5.75 Å². The largest absolute Gasteiger partial charge is 0.497 e. The Kier molecular flexibility index (Phi) is 5.51. The fourth-order valence-corrected chi connectivity index (χ4v) is 3.32. The van der Waals surface area contributed by atoms with Gasteiger partial charge in [-0.05, 0) is 61.4 Å². The Hall–Kier alpha value is -2.79. The predicted octanol–water partition coefficient (Wildman–Crippen LogP) is 5.02. The van der Waals surface area contributed by atoms with E-state index in [1.165, 1.54) is 12.1 Å². The molecule has 0 saturated heterocycles. The molecule has 6 heteroatoms. The maximum Gasteiger partial charge on any atom is 0.345 e. The van der Waals surface area contributed by atoms with Crippen molar-refractivity contribution in [2.24, 2.45) is 0 Å². The zero-order chi connectivity index (χ0) is 19.6. The molecule has 27 heavy (non-hydrogen) atoms. The minimum absolute atomic E-state index is 0.278. The molecule has 0 radical (unpaired) electrons. The highest BCUT2D eigenvalue weighted by atomic mass is 35.5. The Bertz CT molecular complexity index is 991. The summed E-state index contributed by atoms with van der Waals surface area (Å²) in [5, 5.41) is 1.39. The molecule has 1 N–H and O–H groups in total. The van der Waals surface area contributed by atoms with Crippen LogP contribution in [0.1, 0.15) is 40.9 Å². The first-order valence-electron chi connectivity index (χ1n) is 8.62. The van der Waals surface area contributed by atoms with Crippen LogP contribution in [0.5, 0.6) is 5.75 Å². The number of methoxy groups -OCH3 is 1. The molecule has 5 nitrogen and oxygen atoms in total. The van der Waals surface area contributed by atoms with E-state index in [2.05, 4.69) is 4.98 Å². The van der Waals surface area contributed by atoms with Gasteiger partial charge in [0, 0.05) is 21.6 Å². The first-order chi connectivity index (χ1) is 12.9. The number of rotatable bonds is 5. The van der Waals surface area contributed by atoms with E-state index in [0.29, 0.717) is 17.2 Å². The Morgan fingerprint density at radius 3 is 2.48 bits per heavy atom. The van der Waals surface area contributed by atoms with Gasteiger partial charge in [-0.1, -0.05) is 18.5 Å². The number of H-pyrrole nitrogens is 1. The molecular formula is C21H20ClNO4. The van der Waals surface area contributed by atoms with Crippen molar-refractivity contribution in [3.05, 3.63) is 64.3 Å². The normalized spacial score (nSPS) is 12.0. The van der Waals surface area contributed by atoms with Gasteiger partial charge in [-0.2, -0.15) is 0 Å². The van der Waals surface area contributed by atoms with E-state index in [0.717, 1.165) is 22.2 Å². The molecule has 0 fully saturated rings. The highest BCUT2D eigenvalue weighted by Crippen LogP contribution is 2.34. The van der Waals surface area contributed by atoms with Crippen molar-refractivity contribution >= 4 is 34.4 Å². The van der Waals surface area contributed by atoms with Crippen LogP contribution in [0, 0.1) is 6.92 Å². The summed E-state index contributed by atoms with van der Waals surface area (Å²) in [6.07, 6.45) is 0.498. The Balaban J connectivity index is 1.91. The standard InChI is InChI=1S/C21H20ClNO4/c1-4-16(21(25)27-20(24)13-5-7-14(22)8-6-13)19-12(2)23-18-10-9-15(26-3)11-17(18)19/h5-11,16,23H,4H2,1-3H3. The second-order valence-corrected chi connectivity index (χ2v) is 6.69. The van der Waals surface area contributed by atoms with E-state index in [9.17, 15) is 9.59 Å². The van der Waals surface area contributed by atoms with Gasteiger partial charge in [-0.15, -0.1) is 0 Å². The molecule has 2 aromatic carbocycles. The van der Waals surface area contributed by atoms with Crippen LogP contribution in [-0.2, 0) is 9.53 Å². The predicted molar refractivity (Wildman–Crippen MR) is 104 cm³/mol. The second kappa shape index (κ2) is 7.84. The van der Waals surface area contributed by atoms with Crippen molar-refractivity contribution in [2.45, 2.75) is 26.2 Å². The van der Waals surface area contributed by atoms with Crippen LogP contribution in [0.15, 0.2) is 42.5 Å². The van der Waals surface area contributed by atoms with E-state index >= 15 is 0 Å². The fourth-order valence-electron chi connectivity index (χ4n) is 3.20. The highest BCUT2D eigenvalue weighted by molar-refractivity contribution is 6.30. The molecule has 1 atom stereocenters. The van der Waals surface area contributed by atoms with Crippen LogP contribution in [0.25, 0.3) is 10.9 Å². The summed E-state index contributed by atoms with van der Waals surface area (Å²) in [4.78, 5) is 28.3. The molecule has 0 aliphatic rings. The number of aromatic nitrogens is 1. The van der Waals surface area contributed by atoms with Crippen molar-refractivity contribution < 1.29 is 19.1 Å². The maximum atomic E-state index is 12.8. The van der Waals surface area contributed by atoms with Crippen LogP contribution in [0.4, 0.5) is 0 Å². The summed E-state index contributed by atoms with van der Waals surface area (Å²) in [6.45, 7) is 3.79. The Labute approximate surface area is 162 Å². The van der Waals surface area contributed by atoms with Gasteiger partial charge in [0.1, 0.15) is 5.75 Å². The van der Waals surface area contributed by atoms with E-state index < -0.39 is 17.9 Å². The summed E-state index contributed by atoms with van der Waals surface area (Å²) in [5.74, 6) is -1.14. The SMILES string of the molecule is CCC(C(=O)OC(=O)c1ccc(Cl)cc1)c1c(C)[nH]c2ccc(OC)cc12. The third-order valence-corrected chi connectivity index (χ3v) is 4.81. The smallest absolute Gasteiger partial charge is 0.345 e. The van der Waals surface area contributed by atoms with Gasteiger partial charge < -0.3 is 14.5 Å². The summed E-state index contributed by atoms with van der Waals surface area (Å²) >= 11 is 5.83. The van der Waals surface area contributed by atoms with E-state index in [4.69, 9.17) is 21.1 Å². The van der Waals surface area contributed by atoms with Crippen molar-refractivity contribution in [2.75, 3.05) is 7.11 Å². The third kappa shape index (κ3) is 3.83. The molecule has 0 aliphatic heterocycles. The molecule has 0 saturated carbocycles. The monoisotopic (exact) mass is 385 g/mol. The first kappa shape index (κ1) is 19.0. The molecule has 140 valence electrons. The number of ether oxygens (including phenoxy) is 2. The van der Waals surface area contributed by atoms with Crippen molar-refractivity contribution in [3.63, 3.8) is 0 Å². The lowest BCUT2D eigenvalue weighted by atomic mass is 9.93. The number of fused-ring (bicyclic) bond motifs is 1. The molecule has 1 aromatic heterocycles. The first-order valence-corrected chi connectivity index (χ1v) is 9.00. The number of hydrogen-bond acceptors (Lipinski definition) is 4. The maximum absolute atomic E-state index is 12.8. The number of aryl methyl sites for hydroxylation is 1. The van der Waals surface area contributed by atoms with Gasteiger partial charge in [0.15, 0.2) is 0 Å². The summed E-state index contributed by atoms with van der Waals surface area (Å²) in [6, 6.07) is 11.9. The lowest BCUT2D eigenvalue weighted by Crippen LogP contribution is -2.20. The third-order valence-electron chi connectivity index (χ3n) is 4.56. The van der Waals surface area contributed by atoms with Crippen LogP contribution in [0.2, 0.25) is 5.02 Å². The van der Waals surface area contributed by atoms with Gasteiger partial charge in [0.25, 0.3) is 0 Å². The zero-order valence-electron chi connectivity index (χ0n) is 15.3. The van der Waals surface area contributed by atoms with Gasteiger partial charge in [-0.25, -0.2) is 4.79 Å². The minimum Gasteiger partial charge on any atom is -0.497 e. The summed E-state index contributed by atoms with van der Waals surface area (Å²) < 4.78 is 10.4. The topological polar surface area (TPSA) is 68.4 Å². The lowest BCUT2D eigenvalue weighted by molar-refractivity contribution is -0.139. The molecule has 0 bridgehead atoms. The number of halogens is 1. The van der Waals surface area contributed by atoms with Gasteiger partial charge in [-0.3, -0.25) is 4.79 Å². The molecule has 3 rings (SSSR count). The number of aromatic amines is 1. The second-order valence-electron chi connectivity index (χ2n) is 6.25. The van der Waals surface area contributed by atoms with Gasteiger partial charge >= 0.3 is 11.9 Å². The van der Waals surface area contributed by atoms with E-state index in [1.807, 2.05) is 32.0 Å². The molecule has 1 unspecified atom stereocenters. The number of benzene rings is 2. The van der Waals surface area contributed by atoms with Gasteiger partial charge in [0.05, 0.1) is 18.6 Å². The lowest BCUT2D eigenvalue weighted by Gasteiger charge is -2.14. The van der Waals surface area contributed by atoms with Crippen LogP contribution in [-0.4, -0.2) is 24.0 Å². The van der Waals surface area contributed by atoms with E-state index in [1.54, 1.807) is 19.2 Å². The number of hydrogen-bond donors (Lipinski definition) is 1. The number of esters is 2. The van der Waals surface area contributed by atoms with Crippen molar-refractivity contribution in [1.82, 2.24) is 4.98 Å². The fraction of sp³-hybridized carbons (Fsp3) is 0.238. The zero-order valence-corrected chi connectivity index (χ0v) is 16.1. The van der Waals surface area contributed by atoms with E-state index in [-0.39, 0.29) is 5.56 Å². The number of nitrogens with one attached hydrogen (secondary N) is 1. The summed E-state index contributed by atoms with van der Waals surface area (Å²) in [7, 11) is 1.59. The average Bonchev–Trinajstić information content (AvgIpc) is 2.98. The molecular weight excluding hydrogens is 366 g/mol. The summed E-state index contributed by atoms with van der Waals surface area (Å²) in [5.41, 5.74) is 2.86. The molecule has 0 spiro atoms. The number of carbonyl (C=O) groups excluding carboxylic acids is 2. The molecule has 0 aliphatic carbocycles. The molecule has 0 amide bonds. The Morgan fingerprint density at radius 2 is 1.85 bits per heavy atom. The highest BCUT2D eigenvalue weighted by Gasteiger charge is 2.28. The average molecular weight is 386 g/mol. The van der Waals surface area contributed by atoms with Crippen molar-refractivity contribution in [1.29, 1.82) is 0 Å². The van der Waals surface area contributed by atoms with Crippen LogP contribution in [0.3, 0.4) is 0 Å². The van der Waals surface area contributed by atoms with Crippen LogP contribution < -0.4 is 4.74 Å². The molecule has 3 aromatic rings. The quantitative estimate of drug-likeness (QED) is 0.494. The Morgan fingerprint density at radius 1 is 1.15 bits per heavy atom. The minimum atomic E-state index is -0.690. The van der Waals surface area contributed by atoms with Crippen LogP contribution >= 0.6 is 11.6 Å².